The number of aromatic nitrogens is 3. The van der Waals surface area contributed by atoms with Gasteiger partial charge in [0.25, 0.3) is 0 Å². The van der Waals surface area contributed by atoms with Gasteiger partial charge in [0.1, 0.15) is 11.0 Å². The lowest BCUT2D eigenvalue weighted by molar-refractivity contribution is -0.645. The standard InChI is InChI=1S/C27H29N3O3/c1-2-3-4-5-6-9-20-33-24-18-16-22(17-19-24)21-12-14-23(15-13-21)27(31)29-25-10-7-8-11-26(25)30(32)28-29/h7-8,10-19H,2-6,9,20H2,1H3. The summed E-state index contributed by atoms with van der Waals surface area (Å²) in [5.74, 6) is 0.529. The van der Waals surface area contributed by atoms with Crippen molar-refractivity contribution in [2.75, 3.05) is 6.61 Å². The number of rotatable bonds is 10. The monoisotopic (exact) mass is 443 g/mol. The summed E-state index contributed by atoms with van der Waals surface area (Å²) in [6.45, 7) is 2.97. The lowest BCUT2D eigenvalue weighted by Crippen LogP contribution is -2.31. The maximum atomic E-state index is 12.9. The van der Waals surface area contributed by atoms with Crippen LogP contribution in [-0.2, 0) is 0 Å². The number of hydrogen-bond acceptors (Lipinski definition) is 4. The average molecular weight is 444 g/mol. The Hall–Kier alpha value is -3.67. The van der Waals surface area contributed by atoms with E-state index in [1.807, 2.05) is 36.4 Å². The Balaban J connectivity index is 1.36. The summed E-state index contributed by atoms with van der Waals surface area (Å²) in [5.41, 5.74) is 3.35. The number of carbonyl (C=O) groups excluding carboxylic acids is 1. The lowest BCUT2D eigenvalue weighted by Gasteiger charge is -2.08. The summed E-state index contributed by atoms with van der Waals surface area (Å²) >= 11 is 0. The van der Waals surface area contributed by atoms with E-state index in [9.17, 15) is 10.0 Å². The Bertz CT molecular complexity index is 1200. The van der Waals surface area contributed by atoms with Crippen LogP contribution in [0.15, 0.2) is 72.8 Å². The van der Waals surface area contributed by atoms with Crippen LogP contribution in [0.25, 0.3) is 22.2 Å². The van der Waals surface area contributed by atoms with Crippen molar-refractivity contribution < 1.29 is 14.4 Å². The summed E-state index contributed by atoms with van der Waals surface area (Å²) in [5, 5.41) is 15.8. The smallest absolute Gasteiger partial charge is 0.366 e. The van der Waals surface area contributed by atoms with Gasteiger partial charge in [-0.1, -0.05) is 80.1 Å². The SMILES string of the molecule is CCCCCCCCOc1ccc(-c2ccc(C(=O)n3n[n+]([O-])c4ccccc43)cc2)cc1. The van der Waals surface area contributed by atoms with Crippen molar-refractivity contribution in [3.8, 4) is 16.9 Å². The quantitative estimate of drug-likeness (QED) is 0.177. The second-order valence-corrected chi connectivity index (χ2v) is 8.19. The van der Waals surface area contributed by atoms with Gasteiger partial charge in [-0.3, -0.25) is 0 Å². The molecule has 170 valence electrons. The van der Waals surface area contributed by atoms with Crippen LogP contribution in [0.1, 0.15) is 55.8 Å². The number of ether oxygens (including phenoxy) is 1. The van der Waals surface area contributed by atoms with Crippen molar-refractivity contribution in [2.45, 2.75) is 45.4 Å². The Labute approximate surface area is 194 Å². The maximum absolute atomic E-state index is 12.9. The largest absolute Gasteiger partial charge is 0.691 e. The molecule has 0 amide bonds. The Morgan fingerprint density at radius 3 is 2.24 bits per heavy atom. The van der Waals surface area contributed by atoms with Gasteiger partial charge in [-0.15, -0.1) is 4.85 Å². The van der Waals surface area contributed by atoms with Crippen LogP contribution in [0.2, 0.25) is 0 Å². The second kappa shape index (κ2) is 10.8. The van der Waals surface area contributed by atoms with Crippen molar-refractivity contribution in [2.24, 2.45) is 0 Å². The summed E-state index contributed by atoms with van der Waals surface area (Å²) in [6, 6.07) is 22.2. The molecule has 0 aliphatic rings. The van der Waals surface area contributed by atoms with Crippen LogP contribution in [0.4, 0.5) is 0 Å². The molecule has 6 heteroatoms. The van der Waals surface area contributed by atoms with Gasteiger partial charge in [-0.2, -0.15) is 0 Å². The van der Waals surface area contributed by atoms with Crippen LogP contribution in [-0.4, -0.2) is 22.4 Å². The first-order valence-electron chi connectivity index (χ1n) is 11.6. The number of unbranched alkanes of at least 4 members (excludes halogenated alkanes) is 5. The van der Waals surface area contributed by atoms with Crippen LogP contribution in [0, 0.1) is 5.21 Å². The molecule has 6 nitrogen and oxygen atoms in total. The van der Waals surface area contributed by atoms with E-state index in [0.29, 0.717) is 21.4 Å². The molecule has 0 aliphatic heterocycles. The zero-order valence-electron chi connectivity index (χ0n) is 18.9. The Morgan fingerprint density at radius 1 is 0.879 bits per heavy atom. The van der Waals surface area contributed by atoms with Gasteiger partial charge >= 0.3 is 5.91 Å². The highest BCUT2D eigenvalue weighted by molar-refractivity contribution is 5.99. The first-order chi connectivity index (χ1) is 16.2. The molecule has 0 saturated heterocycles. The highest BCUT2D eigenvalue weighted by Crippen LogP contribution is 2.23. The number of para-hydroxylation sites is 2. The first-order valence-corrected chi connectivity index (χ1v) is 11.6. The van der Waals surface area contributed by atoms with Crippen molar-refractivity contribution in [3.63, 3.8) is 0 Å². The molecule has 4 aromatic rings. The summed E-state index contributed by atoms with van der Waals surface area (Å²) in [4.78, 5) is 13.4. The fourth-order valence-electron chi connectivity index (χ4n) is 3.88. The Morgan fingerprint density at radius 2 is 1.52 bits per heavy atom. The molecule has 0 N–H and O–H groups in total. The van der Waals surface area contributed by atoms with Crippen LogP contribution >= 0.6 is 0 Å². The fraction of sp³-hybridized carbons (Fsp3) is 0.296. The van der Waals surface area contributed by atoms with E-state index < -0.39 is 0 Å². The molecular formula is C27H29N3O3. The van der Waals surface area contributed by atoms with E-state index in [1.54, 1.807) is 36.4 Å². The molecule has 0 atom stereocenters. The minimum Gasteiger partial charge on any atom is -0.691 e. The van der Waals surface area contributed by atoms with Crippen LogP contribution in [0.5, 0.6) is 5.75 Å². The average Bonchev–Trinajstić information content (AvgIpc) is 3.20. The highest BCUT2D eigenvalue weighted by atomic mass is 16.5. The van der Waals surface area contributed by atoms with Crippen molar-refractivity contribution >= 4 is 16.9 Å². The topological polar surface area (TPSA) is 71.1 Å². The zero-order valence-corrected chi connectivity index (χ0v) is 18.9. The van der Waals surface area contributed by atoms with Crippen LogP contribution < -0.4 is 9.58 Å². The van der Waals surface area contributed by atoms with E-state index >= 15 is 0 Å². The minimum atomic E-state index is -0.342. The predicted octanol–water partition coefficient (Wildman–Crippen LogP) is 5.76. The maximum Gasteiger partial charge on any atom is 0.366 e. The number of hydrogen-bond donors (Lipinski definition) is 0. The minimum absolute atomic E-state index is 0.342. The molecular weight excluding hydrogens is 414 g/mol. The summed E-state index contributed by atoms with van der Waals surface area (Å²) in [6.07, 6.45) is 7.47. The van der Waals surface area contributed by atoms with Gasteiger partial charge in [0.05, 0.1) is 12.2 Å². The molecule has 0 unspecified atom stereocenters. The third kappa shape index (κ3) is 5.40. The first kappa shape index (κ1) is 22.5. The molecule has 0 aliphatic carbocycles. The fourth-order valence-corrected chi connectivity index (χ4v) is 3.88. The second-order valence-electron chi connectivity index (χ2n) is 8.19. The number of fused-ring (bicyclic) bond motifs is 1. The summed E-state index contributed by atoms with van der Waals surface area (Å²) < 4.78 is 7.00. The molecule has 1 aromatic heterocycles. The zero-order chi connectivity index (χ0) is 23.0. The Kier molecular flexibility index (Phi) is 7.35. The van der Waals surface area contributed by atoms with Crippen molar-refractivity contribution in [1.29, 1.82) is 0 Å². The molecule has 0 bridgehead atoms. The molecule has 33 heavy (non-hydrogen) atoms. The molecule has 0 radical (unpaired) electrons. The van der Waals surface area contributed by atoms with E-state index in [0.717, 1.165) is 34.6 Å². The number of nitrogens with zero attached hydrogens (tertiary/aromatic N) is 3. The third-order valence-electron chi connectivity index (χ3n) is 5.77. The van der Waals surface area contributed by atoms with E-state index in [4.69, 9.17) is 4.74 Å². The number of benzene rings is 3. The van der Waals surface area contributed by atoms with Crippen LogP contribution in [0.3, 0.4) is 0 Å². The summed E-state index contributed by atoms with van der Waals surface area (Å²) in [7, 11) is 0. The molecule has 3 aromatic carbocycles. The van der Waals surface area contributed by atoms with Crippen molar-refractivity contribution in [3.05, 3.63) is 83.6 Å². The van der Waals surface area contributed by atoms with Gasteiger partial charge in [0.2, 0.25) is 11.0 Å². The lowest BCUT2D eigenvalue weighted by atomic mass is 10.0. The molecule has 4 rings (SSSR count). The van der Waals surface area contributed by atoms with Gasteiger partial charge in [0.15, 0.2) is 0 Å². The van der Waals surface area contributed by atoms with Gasteiger partial charge in [0, 0.05) is 0 Å². The van der Waals surface area contributed by atoms with E-state index in [1.165, 1.54) is 32.1 Å². The molecule has 0 spiro atoms. The number of carbonyl (C=O) groups is 1. The third-order valence-corrected chi connectivity index (χ3v) is 5.77. The molecule has 0 fully saturated rings. The van der Waals surface area contributed by atoms with Gasteiger partial charge in [-0.25, -0.2) is 4.79 Å². The normalized spacial score (nSPS) is 11.1. The van der Waals surface area contributed by atoms with Gasteiger partial charge < -0.3 is 9.94 Å². The van der Waals surface area contributed by atoms with E-state index in [-0.39, 0.29) is 5.91 Å². The van der Waals surface area contributed by atoms with E-state index in [2.05, 4.69) is 12.1 Å². The predicted molar refractivity (Wildman–Crippen MR) is 129 cm³/mol. The van der Waals surface area contributed by atoms with Gasteiger partial charge in [-0.05, 0) is 53.9 Å². The molecule has 0 saturated carbocycles. The van der Waals surface area contributed by atoms with Crippen molar-refractivity contribution in [1.82, 2.24) is 9.90 Å². The highest BCUT2D eigenvalue weighted by Gasteiger charge is 2.22. The molecule has 1 heterocycles.